The molecule has 0 aliphatic rings. The number of hydrogen-bond acceptors (Lipinski definition) is 7. The summed E-state index contributed by atoms with van der Waals surface area (Å²) < 4.78 is 9.30. The largest absolute Gasteiger partial charge is 0.474 e. The first-order valence-corrected chi connectivity index (χ1v) is 4.32. The molecule has 0 aromatic carbocycles. The van der Waals surface area contributed by atoms with Crippen LogP contribution < -0.4 is 16.0 Å². The van der Waals surface area contributed by atoms with Crippen molar-refractivity contribution in [1.29, 1.82) is 0 Å². The van der Waals surface area contributed by atoms with Gasteiger partial charge in [0, 0.05) is 0 Å². The number of nitrogens with zero attached hydrogens (tertiary/aromatic N) is 1. The van der Waals surface area contributed by atoms with Crippen LogP contribution in [0.3, 0.4) is 0 Å². The summed E-state index contributed by atoms with van der Waals surface area (Å²) in [6, 6.07) is 0. The van der Waals surface area contributed by atoms with E-state index in [1.54, 1.807) is 0 Å². The molecule has 1 aromatic rings. The van der Waals surface area contributed by atoms with E-state index < -0.39 is 11.5 Å². The van der Waals surface area contributed by atoms with Gasteiger partial charge >= 0.3 is 5.97 Å². The number of nitrogens with two attached hydrogens (primary N) is 1. The molecular formula is C8H11N3O5. The Kier molecular flexibility index (Phi) is 3.84. The zero-order valence-electron chi connectivity index (χ0n) is 8.52. The summed E-state index contributed by atoms with van der Waals surface area (Å²) in [6.07, 6.45) is 0. The number of nitrogen functional groups attached to an aromatic ring is 1. The summed E-state index contributed by atoms with van der Waals surface area (Å²) in [5.74, 6) is -1.34. The lowest BCUT2D eigenvalue weighted by molar-refractivity contribution is 0.0591. The number of aromatic nitrogens is 2. The number of ether oxygens (including phenoxy) is 2. The van der Waals surface area contributed by atoms with E-state index in [9.17, 15) is 9.59 Å². The maximum atomic E-state index is 11.4. The van der Waals surface area contributed by atoms with E-state index in [2.05, 4.69) is 14.7 Å². The summed E-state index contributed by atoms with van der Waals surface area (Å²) >= 11 is 0. The van der Waals surface area contributed by atoms with E-state index in [1.165, 1.54) is 0 Å². The highest BCUT2D eigenvalue weighted by molar-refractivity contribution is 5.91. The highest BCUT2D eigenvalue weighted by Crippen LogP contribution is 2.12. The first-order chi connectivity index (χ1) is 7.60. The Hall–Kier alpha value is -2.09. The minimum Gasteiger partial charge on any atom is -0.474 e. The van der Waals surface area contributed by atoms with E-state index in [0.717, 1.165) is 7.11 Å². The third-order valence-electron chi connectivity index (χ3n) is 1.62. The van der Waals surface area contributed by atoms with Crippen LogP contribution in [0.15, 0.2) is 4.79 Å². The van der Waals surface area contributed by atoms with Crippen molar-refractivity contribution in [3.8, 4) is 5.88 Å². The van der Waals surface area contributed by atoms with Gasteiger partial charge < -0.3 is 20.3 Å². The van der Waals surface area contributed by atoms with Gasteiger partial charge in [0.15, 0.2) is 5.56 Å². The number of rotatable bonds is 4. The molecule has 0 fully saturated rings. The Morgan fingerprint density at radius 2 is 2.31 bits per heavy atom. The SMILES string of the molecule is COC(=O)c1c(OCCO)nc(N)[nH]c1=O. The number of hydrogen-bond donors (Lipinski definition) is 3. The van der Waals surface area contributed by atoms with Crippen LogP contribution in [-0.2, 0) is 4.74 Å². The van der Waals surface area contributed by atoms with Gasteiger partial charge in [-0.05, 0) is 0 Å². The first-order valence-electron chi connectivity index (χ1n) is 4.32. The third kappa shape index (κ3) is 2.48. The van der Waals surface area contributed by atoms with Crippen molar-refractivity contribution in [1.82, 2.24) is 9.97 Å². The molecule has 0 spiro atoms. The highest BCUT2D eigenvalue weighted by Gasteiger charge is 2.20. The monoisotopic (exact) mass is 229 g/mol. The highest BCUT2D eigenvalue weighted by atomic mass is 16.5. The Balaban J connectivity index is 3.21. The molecule has 88 valence electrons. The number of nitrogens with one attached hydrogen (secondary N) is 1. The van der Waals surface area contributed by atoms with Crippen molar-refractivity contribution in [3.05, 3.63) is 15.9 Å². The third-order valence-corrected chi connectivity index (χ3v) is 1.62. The Morgan fingerprint density at radius 1 is 1.62 bits per heavy atom. The number of H-pyrrole nitrogens is 1. The number of aromatic amines is 1. The average Bonchev–Trinajstić information content (AvgIpc) is 2.24. The van der Waals surface area contributed by atoms with Crippen LogP contribution in [0.1, 0.15) is 10.4 Å². The fourth-order valence-corrected chi connectivity index (χ4v) is 0.998. The second-order valence-electron chi connectivity index (χ2n) is 2.69. The van der Waals surface area contributed by atoms with Gasteiger partial charge in [0.2, 0.25) is 11.8 Å². The normalized spacial score (nSPS) is 9.88. The Bertz CT molecular complexity index is 442. The second kappa shape index (κ2) is 5.12. The fourth-order valence-electron chi connectivity index (χ4n) is 0.998. The molecule has 0 aliphatic heterocycles. The van der Waals surface area contributed by atoms with Crippen molar-refractivity contribution in [2.45, 2.75) is 0 Å². The topological polar surface area (TPSA) is 128 Å². The molecule has 0 unspecified atom stereocenters. The second-order valence-corrected chi connectivity index (χ2v) is 2.69. The molecule has 0 saturated carbocycles. The van der Waals surface area contributed by atoms with Gasteiger partial charge in [0.25, 0.3) is 5.56 Å². The first kappa shape index (κ1) is 12.0. The van der Waals surface area contributed by atoms with Crippen LogP contribution in [0.4, 0.5) is 5.95 Å². The van der Waals surface area contributed by atoms with Crippen LogP contribution in [0, 0.1) is 0 Å². The number of methoxy groups -OCH3 is 1. The lowest BCUT2D eigenvalue weighted by atomic mass is 10.3. The molecule has 1 aromatic heterocycles. The summed E-state index contributed by atoms with van der Waals surface area (Å²) in [7, 11) is 1.12. The summed E-state index contributed by atoms with van der Waals surface area (Å²) in [5.41, 5.74) is 4.14. The molecule has 0 atom stereocenters. The smallest absolute Gasteiger partial charge is 0.349 e. The van der Waals surface area contributed by atoms with Crippen LogP contribution >= 0.6 is 0 Å². The van der Waals surface area contributed by atoms with Crippen molar-refractivity contribution >= 4 is 11.9 Å². The Morgan fingerprint density at radius 3 is 2.88 bits per heavy atom. The molecule has 8 nitrogen and oxygen atoms in total. The zero-order valence-corrected chi connectivity index (χ0v) is 8.52. The van der Waals surface area contributed by atoms with Gasteiger partial charge in [0.1, 0.15) is 6.61 Å². The predicted octanol–water partition coefficient (Wildman–Crippen LogP) is -1.49. The van der Waals surface area contributed by atoms with E-state index in [0.29, 0.717) is 0 Å². The molecule has 4 N–H and O–H groups in total. The maximum Gasteiger partial charge on any atom is 0.349 e. The number of aliphatic hydroxyl groups is 1. The molecule has 0 amide bonds. The number of anilines is 1. The molecule has 0 radical (unpaired) electrons. The van der Waals surface area contributed by atoms with Gasteiger partial charge in [-0.1, -0.05) is 0 Å². The molecular weight excluding hydrogens is 218 g/mol. The van der Waals surface area contributed by atoms with Crippen molar-refractivity contribution in [3.63, 3.8) is 0 Å². The summed E-state index contributed by atoms with van der Waals surface area (Å²) in [4.78, 5) is 28.4. The minimum atomic E-state index is -0.887. The standard InChI is InChI=1S/C8H11N3O5/c1-15-7(14)4-5(13)10-8(9)11-6(4)16-3-2-12/h12H,2-3H2,1H3,(H3,9,10,11,13). The van der Waals surface area contributed by atoms with E-state index in [1.807, 2.05) is 0 Å². The van der Waals surface area contributed by atoms with Crippen LogP contribution in [0.25, 0.3) is 0 Å². The van der Waals surface area contributed by atoms with E-state index in [4.69, 9.17) is 15.6 Å². The zero-order chi connectivity index (χ0) is 12.1. The molecule has 1 rings (SSSR count). The fraction of sp³-hybridized carbons (Fsp3) is 0.375. The van der Waals surface area contributed by atoms with Gasteiger partial charge in [-0.2, -0.15) is 4.98 Å². The van der Waals surface area contributed by atoms with Crippen molar-refractivity contribution in [2.75, 3.05) is 26.1 Å². The number of esters is 1. The van der Waals surface area contributed by atoms with Gasteiger partial charge in [-0.25, -0.2) is 4.79 Å². The molecule has 0 saturated heterocycles. The number of carbonyl (C=O) groups is 1. The lowest BCUT2D eigenvalue weighted by Crippen LogP contribution is -2.23. The number of carbonyl (C=O) groups excluding carboxylic acids is 1. The molecule has 16 heavy (non-hydrogen) atoms. The van der Waals surface area contributed by atoms with E-state index in [-0.39, 0.29) is 30.6 Å². The Labute approximate surface area is 90.0 Å². The van der Waals surface area contributed by atoms with Gasteiger partial charge in [-0.15, -0.1) is 0 Å². The summed E-state index contributed by atoms with van der Waals surface area (Å²) in [5, 5.41) is 8.57. The maximum absolute atomic E-state index is 11.4. The van der Waals surface area contributed by atoms with Crippen LogP contribution in [0.2, 0.25) is 0 Å². The molecule has 1 heterocycles. The van der Waals surface area contributed by atoms with Crippen molar-refractivity contribution in [2.24, 2.45) is 0 Å². The average molecular weight is 229 g/mol. The quantitative estimate of drug-likeness (QED) is 0.536. The van der Waals surface area contributed by atoms with Crippen LogP contribution in [-0.4, -0.2) is 41.4 Å². The lowest BCUT2D eigenvalue weighted by Gasteiger charge is -2.07. The minimum absolute atomic E-state index is 0.111. The van der Waals surface area contributed by atoms with E-state index >= 15 is 0 Å². The molecule has 0 aliphatic carbocycles. The number of aliphatic hydroxyl groups excluding tert-OH is 1. The van der Waals surface area contributed by atoms with Crippen molar-refractivity contribution < 1.29 is 19.4 Å². The van der Waals surface area contributed by atoms with Gasteiger partial charge in [-0.3, -0.25) is 9.78 Å². The van der Waals surface area contributed by atoms with Gasteiger partial charge in [0.05, 0.1) is 13.7 Å². The van der Waals surface area contributed by atoms with Crippen LogP contribution in [0.5, 0.6) is 5.88 Å². The predicted molar refractivity (Wildman–Crippen MR) is 53.2 cm³/mol. The molecule has 8 heteroatoms. The summed E-state index contributed by atoms with van der Waals surface area (Å²) in [6.45, 7) is -0.394. The molecule has 0 bridgehead atoms.